The Morgan fingerprint density at radius 3 is 2.60 bits per heavy atom. The number of aliphatic hydroxyl groups excluding tert-OH is 1. The van der Waals surface area contributed by atoms with Crippen molar-refractivity contribution in [3.63, 3.8) is 0 Å². The largest absolute Gasteiger partial charge is 0.497 e. The van der Waals surface area contributed by atoms with E-state index in [0.29, 0.717) is 19.3 Å². The monoisotopic (exact) mass is 298 g/mol. The first kappa shape index (κ1) is 15.3. The number of rotatable bonds is 6. The lowest BCUT2D eigenvalue weighted by atomic mass is 9.97. The van der Waals surface area contributed by atoms with Gasteiger partial charge < -0.3 is 9.84 Å². The van der Waals surface area contributed by atoms with E-state index < -0.39 is 15.9 Å². The molecule has 20 heavy (non-hydrogen) atoms. The molecule has 0 radical (unpaired) electrons. The molecule has 1 N–H and O–H groups in total. The van der Waals surface area contributed by atoms with Crippen molar-refractivity contribution in [1.29, 1.82) is 0 Å². The lowest BCUT2D eigenvalue weighted by molar-refractivity contribution is 0.137. The molecule has 5 heteroatoms. The van der Waals surface area contributed by atoms with Crippen molar-refractivity contribution in [3.8, 4) is 5.75 Å². The van der Waals surface area contributed by atoms with Gasteiger partial charge in [-0.3, -0.25) is 0 Å². The third-order valence-corrected chi connectivity index (χ3v) is 5.69. The molecular formula is C15H22O4S. The number of benzene rings is 1. The van der Waals surface area contributed by atoms with Crippen LogP contribution in [0.1, 0.15) is 24.8 Å². The minimum atomic E-state index is -2.84. The van der Waals surface area contributed by atoms with Crippen LogP contribution in [0.2, 0.25) is 0 Å². The molecule has 1 heterocycles. The molecule has 1 saturated heterocycles. The average Bonchev–Trinajstić information content (AvgIpc) is 2.76. The predicted octanol–water partition coefficient (Wildman–Crippen LogP) is 1.81. The molecule has 2 rings (SSSR count). The zero-order valence-corrected chi connectivity index (χ0v) is 12.6. The van der Waals surface area contributed by atoms with E-state index in [-0.39, 0.29) is 17.4 Å². The molecule has 1 aromatic rings. The molecule has 2 unspecified atom stereocenters. The normalized spacial score (nSPS) is 22.6. The van der Waals surface area contributed by atoms with E-state index >= 15 is 0 Å². The summed E-state index contributed by atoms with van der Waals surface area (Å²) in [6.45, 7) is 0. The quantitative estimate of drug-likeness (QED) is 0.870. The van der Waals surface area contributed by atoms with Crippen molar-refractivity contribution >= 4 is 9.84 Å². The van der Waals surface area contributed by atoms with Crippen LogP contribution in [0.4, 0.5) is 0 Å². The minimum absolute atomic E-state index is 0.130. The summed E-state index contributed by atoms with van der Waals surface area (Å²) in [5.41, 5.74) is 1.16. The van der Waals surface area contributed by atoms with Crippen LogP contribution >= 0.6 is 0 Å². The van der Waals surface area contributed by atoms with Crippen LogP contribution in [0.3, 0.4) is 0 Å². The standard InChI is InChI=1S/C15H22O4S/c1-19-15-6-3-12(4-7-15)2-5-14(16)10-13-8-9-20(17,18)11-13/h3-4,6-7,13-14,16H,2,5,8-11H2,1H3. The Morgan fingerprint density at radius 2 is 2.05 bits per heavy atom. The molecule has 1 aromatic carbocycles. The van der Waals surface area contributed by atoms with Crippen molar-refractivity contribution in [3.05, 3.63) is 29.8 Å². The van der Waals surface area contributed by atoms with E-state index in [1.54, 1.807) is 7.11 Å². The molecule has 0 saturated carbocycles. The maximum Gasteiger partial charge on any atom is 0.150 e. The van der Waals surface area contributed by atoms with Crippen LogP contribution in [-0.4, -0.2) is 38.2 Å². The van der Waals surface area contributed by atoms with Gasteiger partial charge in [0.25, 0.3) is 0 Å². The lowest BCUT2D eigenvalue weighted by Gasteiger charge is -2.14. The molecule has 1 aliphatic heterocycles. The minimum Gasteiger partial charge on any atom is -0.497 e. The van der Waals surface area contributed by atoms with Crippen LogP contribution in [-0.2, 0) is 16.3 Å². The van der Waals surface area contributed by atoms with E-state index in [4.69, 9.17) is 4.74 Å². The second-order valence-corrected chi connectivity index (χ2v) is 7.77. The van der Waals surface area contributed by atoms with E-state index in [9.17, 15) is 13.5 Å². The second kappa shape index (κ2) is 6.59. The Hall–Kier alpha value is -1.07. The van der Waals surface area contributed by atoms with Crippen LogP contribution in [0.5, 0.6) is 5.75 Å². The molecule has 4 nitrogen and oxygen atoms in total. The number of ether oxygens (including phenoxy) is 1. The van der Waals surface area contributed by atoms with Gasteiger partial charge in [-0.05, 0) is 49.3 Å². The van der Waals surface area contributed by atoms with Gasteiger partial charge in [0.15, 0.2) is 9.84 Å². The van der Waals surface area contributed by atoms with E-state index in [2.05, 4.69) is 0 Å². The zero-order valence-electron chi connectivity index (χ0n) is 11.8. The second-order valence-electron chi connectivity index (χ2n) is 5.55. The van der Waals surface area contributed by atoms with Gasteiger partial charge in [0.2, 0.25) is 0 Å². The smallest absolute Gasteiger partial charge is 0.150 e. The number of hydrogen-bond donors (Lipinski definition) is 1. The van der Waals surface area contributed by atoms with Gasteiger partial charge in [0, 0.05) is 0 Å². The molecule has 0 aromatic heterocycles. The number of sulfone groups is 1. The Morgan fingerprint density at radius 1 is 1.35 bits per heavy atom. The Balaban J connectivity index is 1.76. The van der Waals surface area contributed by atoms with Crippen LogP contribution in [0, 0.1) is 5.92 Å². The molecule has 0 aliphatic carbocycles. The molecule has 1 aliphatic rings. The summed E-state index contributed by atoms with van der Waals surface area (Å²) in [6, 6.07) is 7.80. The molecule has 0 bridgehead atoms. The van der Waals surface area contributed by atoms with Crippen molar-refractivity contribution in [2.45, 2.75) is 31.8 Å². The van der Waals surface area contributed by atoms with Crippen molar-refractivity contribution in [1.82, 2.24) is 0 Å². The summed E-state index contributed by atoms with van der Waals surface area (Å²) in [7, 11) is -1.21. The number of aryl methyl sites for hydroxylation is 1. The summed E-state index contributed by atoms with van der Waals surface area (Å²) in [5, 5.41) is 10.0. The van der Waals surface area contributed by atoms with Crippen LogP contribution < -0.4 is 4.74 Å². The Bertz CT molecular complexity index is 521. The highest BCUT2D eigenvalue weighted by Gasteiger charge is 2.29. The fourth-order valence-corrected chi connectivity index (χ4v) is 4.57. The molecule has 0 spiro atoms. The zero-order chi connectivity index (χ0) is 14.6. The highest BCUT2D eigenvalue weighted by Crippen LogP contribution is 2.24. The van der Waals surface area contributed by atoms with Crippen LogP contribution in [0.15, 0.2) is 24.3 Å². The van der Waals surface area contributed by atoms with Crippen molar-refractivity contribution in [2.75, 3.05) is 18.6 Å². The first-order valence-electron chi connectivity index (χ1n) is 7.00. The molecule has 1 fully saturated rings. The number of aliphatic hydroxyl groups is 1. The van der Waals surface area contributed by atoms with Crippen molar-refractivity contribution < 1.29 is 18.3 Å². The van der Waals surface area contributed by atoms with E-state index in [1.807, 2.05) is 24.3 Å². The van der Waals surface area contributed by atoms with E-state index in [1.165, 1.54) is 0 Å². The highest BCUT2D eigenvalue weighted by molar-refractivity contribution is 7.91. The average molecular weight is 298 g/mol. The van der Waals surface area contributed by atoms with Gasteiger partial charge in [-0.2, -0.15) is 0 Å². The Kier molecular flexibility index (Phi) is 5.05. The third kappa shape index (κ3) is 4.49. The lowest BCUT2D eigenvalue weighted by Crippen LogP contribution is -2.15. The number of hydrogen-bond acceptors (Lipinski definition) is 4. The van der Waals surface area contributed by atoms with E-state index in [0.717, 1.165) is 17.7 Å². The first-order valence-corrected chi connectivity index (χ1v) is 8.82. The number of methoxy groups -OCH3 is 1. The third-order valence-electron chi connectivity index (χ3n) is 3.86. The SMILES string of the molecule is COc1ccc(CCC(O)CC2CCS(=O)(=O)C2)cc1. The molecule has 0 amide bonds. The van der Waals surface area contributed by atoms with Crippen LogP contribution in [0.25, 0.3) is 0 Å². The topological polar surface area (TPSA) is 63.6 Å². The predicted molar refractivity (Wildman–Crippen MR) is 78.7 cm³/mol. The maximum absolute atomic E-state index is 11.4. The maximum atomic E-state index is 11.4. The Labute approximate surface area is 120 Å². The molecule has 2 atom stereocenters. The van der Waals surface area contributed by atoms with Gasteiger partial charge in [0.05, 0.1) is 24.7 Å². The first-order chi connectivity index (χ1) is 9.48. The summed E-state index contributed by atoms with van der Waals surface area (Å²) >= 11 is 0. The molecule has 112 valence electrons. The van der Waals surface area contributed by atoms with Gasteiger partial charge in [-0.15, -0.1) is 0 Å². The van der Waals surface area contributed by atoms with Gasteiger partial charge in [-0.25, -0.2) is 8.42 Å². The fraction of sp³-hybridized carbons (Fsp3) is 0.600. The summed E-state index contributed by atoms with van der Waals surface area (Å²) in [4.78, 5) is 0. The summed E-state index contributed by atoms with van der Waals surface area (Å²) in [6.07, 6.45) is 2.33. The van der Waals surface area contributed by atoms with Gasteiger partial charge in [-0.1, -0.05) is 12.1 Å². The van der Waals surface area contributed by atoms with Crippen molar-refractivity contribution in [2.24, 2.45) is 5.92 Å². The molecular weight excluding hydrogens is 276 g/mol. The fourth-order valence-electron chi connectivity index (χ4n) is 2.69. The van der Waals surface area contributed by atoms with Gasteiger partial charge >= 0.3 is 0 Å². The van der Waals surface area contributed by atoms with Gasteiger partial charge in [0.1, 0.15) is 5.75 Å². The summed E-state index contributed by atoms with van der Waals surface area (Å²) < 4.78 is 27.8. The summed E-state index contributed by atoms with van der Waals surface area (Å²) in [5.74, 6) is 1.48. The highest BCUT2D eigenvalue weighted by atomic mass is 32.2.